The molecule has 74 valence electrons. The first-order chi connectivity index (χ1) is 5.72. The highest BCUT2D eigenvalue weighted by atomic mass is 35.5. The second-order valence-corrected chi connectivity index (χ2v) is 3.96. The fraction of sp³-hybridized carbons (Fsp3) is 1.00. The lowest BCUT2D eigenvalue weighted by molar-refractivity contribution is 0.189. The molecule has 0 aliphatic rings. The van der Waals surface area contributed by atoms with Crippen LogP contribution in [-0.4, -0.2) is 19.6 Å². The molecule has 0 radical (unpaired) electrons. The van der Waals surface area contributed by atoms with Crippen molar-refractivity contribution in [3.63, 3.8) is 0 Å². The van der Waals surface area contributed by atoms with Gasteiger partial charge in [0, 0.05) is 19.6 Å². The molecule has 0 bridgehead atoms. The Labute approximate surface area is 81.4 Å². The summed E-state index contributed by atoms with van der Waals surface area (Å²) in [6, 6.07) is 0. The summed E-state index contributed by atoms with van der Waals surface area (Å²) in [5, 5.41) is 0. The van der Waals surface area contributed by atoms with Crippen molar-refractivity contribution in [2.24, 2.45) is 11.8 Å². The van der Waals surface area contributed by atoms with Crippen LogP contribution < -0.4 is 0 Å². The van der Waals surface area contributed by atoms with Gasteiger partial charge in [0.25, 0.3) is 0 Å². The third-order valence-electron chi connectivity index (χ3n) is 2.31. The Morgan fingerprint density at radius 3 is 2.33 bits per heavy atom. The Morgan fingerprint density at radius 2 is 1.92 bits per heavy atom. The van der Waals surface area contributed by atoms with E-state index >= 15 is 0 Å². The smallest absolute Gasteiger partial charge is 0.0462 e. The lowest BCUT2D eigenvalue weighted by atomic mass is 9.92. The Balaban J connectivity index is 3.32. The second-order valence-electron chi connectivity index (χ2n) is 3.65. The Hall–Kier alpha value is 0.250. The number of ether oxygens (including phenoxy) is 1. The van der Waals surface area contributed by atoms with Gasteiger partial charge in [-0.05, 0) is 24.7 Å². The maximum absolute atomic E-state index is 5.84. The summed E-state index contributed by atoms with van der Waals surface area (Å²) >= 11 is 5.84. The molecule has 12 heavy (non-hydrogen) atoms. The van der Waals surface area contributed by atoms with Crippen LogP contribution in [0.1, 0.15) is 33.1 Å². The van der Waals surface area contributed by atoms with Crippen LogP contribution in [0.5, 0.6) is 0 Å². The second kappa shape index (κ2) is 7.88. The van der Waals surface area contributed by atoms with E-state index in [-0.39, 0.29) is 0 Å². The number of halogens is 1. The minimum Gasteiger partial charge on any atom is -0.385 e. The molecule has 0 aromatic carbocycles. The maximum Gasteiger partial charge on any atom is 0.0462 e. The van der Waals surface area contributed by atoms with Gasteiger partial charge in [-0.2, -0.15) is 0 Å². The zero-order valence-corrected chi connectivity index (χ0v) is 9.23. The minimum absolute atomic E-state index is 0.684. The molecule has 0 aliphatic carbocycles. The lowest BCUT2D eigenvalue weighted by Gasteiger charge is -2.17. The van der Waals surface area contributed by atoms with Gasteiger partial charge in [-0.3, -0.25) is 0 Å². The van der Waals surface area contributed by atoms with E-state index in [1.165, 1.54) is 12.8 Å². The van der Waals surface area contributed by atoms with Gasteiger partial charge in [0.05, 0.1) is 0 Å². The molecule has 0 aromatic rings. The molecule has 0 amide bonds. The zero-order chi connectivity index (χ0) is 9.40. The first kappa shape index (κ1) is 12.2. The predicted molar refractivity (Wildman–Crippen MR) is 54.8 cm³/mol. The minimum atomic E-state index is 0.684. The normalized spacial score (nSPS) is 13.8. The molecule has 0 heterocycles. The van der Waals surface area contributed by atoms with Gasteiger partial charge >= 0.3 is 0 Å². The van der Waals surface area contributed by atoms with Crippen molar-refractivity contribution < 1.29 is 4.74 Å². The predicted octanol–water partition coefficient (Wildman–Crippen LogP) is 3.31. The van der Waals surface area contributed by atoms with Crippen LogP contribution in [0.4, 0.5) is 0 Å². The molecule has 0 N–H and O–H groups in total. The number of alkyl halides is 1. The third kappa shape index (κ3) is 5.84. The van der Waals surface area contributed by atoms with Crippen molar-refractivity contribution in [2.75, 3.05) is 19.6 Å². The van der Waals surface area contributed by atoms with Gasteiger partial charge in [0.2, 0.25) is 0 Å². The van der Waals surface area contributed by atoms with Crippen molar-refractivity contribution in [1.82, 2.24) is 0 Å². The summed E-state index contributed by atoms with van der Waals surface area (Å²) < 4.78 is 4.98. The Morgan fingerprint density at radius 1 is 1.25 bits per heavy atom. The van der Waals surface area contributed by atoms with E-state index in [4.69, 9.17) is 16.3 Å². The summed E-state index contributed by atoms with van der Waals surface area (Å²) in [5.74, 6) is 2.19. The Kier molecular flexibility index (Phi) is 8.04. The molecular weight excluding hydrogens is 172 g/mol. The molecule has 0 saturated heterocycles. The summed E-state index contributed by atoms with van der Waals surface area (Å²) in [6.45, 7) is 5.36. The van der Waals surface area contributed by atoms with Gasteiger partial charge in [-0.15, -0.1) is 11.6 Å². The quantitative estimate of drug-likeness (QED) is 0.444. The SMILES string of the molecule is COCCCCC(CCl)C(C)C. The van der Waals surface area contributed by atoms with Gasteiger partial charge < -0.3 is 4.74 Å². The van der Waals surface area contributed by atoms with Crippen molar-refractivity contribution in [2.45, 2.75) is 33.1 Å². The highest BCUT2D eigenvalue weighted by Gasteiger charge is 2.10. The molecule has 0 aliphatic heterocycles. The number of hydrogen-bond acceptors (Lipinski definition) is 1. The number of rotatable bonds is 7. The summed E-state index contributed by atoms with van der Waals surface area (Å²) in [7, 11) is 1.75. The van der Waals surface area contributed by atoms with E-state index in [0.717, 1.165) is 18.9 Å². The van der Waals surface area contributed by atoms with Crippen LogP contribution in [0.2, 0.25) is 0 Å². The van der Waals surface area contributed by atoms with Crippen molar-refractivity contribution in [3.8, 4) is 0 Å². The van der Waals surface area contributed by atoms with E-state index < -0.39 is 0 Å². The molecule has 2 heteroatoms. The van der Waals surface area contributed by atoms with E-state index in [0.29, 0.717) is 11.8 Å². The van der Waals surface area contributed by atoms with E-state index in [1.54, 1.807) is 7.11 Å². The fourth-order valence-corrected chi connectivity index (χ4v) is 1.75. The summed E-state index contributed by atoms with van der Waals surface area (Å²) in [4.78, 5) is 0. The molecule has 0 fully saturated rings. The molecule has 1 unspecified atom stereocenters. The highest BCUT2D eigenvalue weighted by Crippen LogP contribution is 2.19. The van der Waals surface area contributed by atoms with Crippen molar-refractivity contribution >= 4 is 11.6 Å². The monoisotopic (exact) mass is 192 g/mol. The lowest BCUT2D eigenvalue weighted by Crippen LogP contribution is -2.10. The summed E-state index contributed by atoms with van der Waals surface area (Å²) in [6.07, 6.45) is 3.64. The van der Waals surface area contributed by atoms with E-state index in [9.17, 15) is 0 Å². The molecule has 0 spiro atoms. The first-order valence-corrected chi connectivity index (χ1v) is 5.30. The molecule has 1 nitrogen and oxygen atoms in total. The molecule has 1 atom stereocenters. The van der Waals surface area contributed by atoms with Gasteiger partial charge in [-0.1, -0.05) is 20.3 Å². The Bertz CT molecular complexity index is 93.8. The molecule has 0 rings (SSSR count). The zero-order valence-electron chi connectivity index (χ0n) is 8.48. The first-order valence-electron chi connectivity index (χ1n) is 4.77. The van der Waals surface area contributed by atoms with Crippen LogP contribution >= 0.6 is 11.6 Å². The average molecular weight is 193 g/mol. The average Bonchev–Trinajstić information content (AvgIpc) is 2.04. The molecule has 0 saturated carbocycles. The van der Waals surface area contributed by atoms with Gasteiger partial charge in [0.15, 0.2) is 0 Å². The molecule has 0 aromatic heterocycles. The van der Waals surface area contributed by atoms with Crippen LogP contribution in [-0.2, 0) is 4.74 Å². The standard InChI is InChI=1S/C10H21ClO/c1-9(2)10(8-11)6-4-5-7-12-3/h9-10H,4-8H2,1-3H3. The fourth-order valence-electron chi connectivity index (χ4n) is 1.24. The number of methoxy groups -OCH3 is 1. The summed E-state index contributed by atoms with van der Waals surface area (Å²) in [5.41, 5.74) is 0. The highest BCUT2D eigenvalue weighted by molar-refractivity contribution is 6.18. The van der Waals surface area contributed by atoms with Gasteiger partial charge in [-0.25, -0.2) is 0 Å². The topological polar surface area (TPSA) is 9.23 Å². The molecular formula is C10H21ClO. The number of hydrogen-bond donors (Lipinski definition) is 0. The van der Waals surface area contributed by atoms with Crippen LogP contribution in [0.3, 0.4) is 0 Å². The van der Waals surface area contributed by atoms with E-state index in [1.807, 2.05) is 0 Å². The largest absolute Gasteiger partial charge is 0.385 e. The van der Waals surface area contributed by atoms with Gasteiger partial charge in [0.1, 0.15) is 0 Å². The third-order valence-corrected chi connectivity index (χ3v) is 2.71. The van der Waals surface area contributed by atoms with E-state index in [2.05, 4.69) is 13.8 Å². The maximum atomic E-state index is 5.84. The number of unbranched alkanes of at least 4 members (excludes halogenated alkanes) is 1. The van der Waals surface area contributed by atoms with Crippen LogP contribution in [0, 0.1) is 11.8 Å². The van der Waals surface area contributed by atoms with Crippen LogP contribution in [0.25, 0.3) is 0 Å². The van der Waals surface area contributed by atoms with Crippen molar-refractivity contribution in [3.05, 3.63) is 0 Å². The van der Waals surface area contributed by atoms with Crippen LogP contribution in [0.15, 0.2) is 0 Å². The van der Waals surface area contributed by atoms with Crippen molar-refractivity contribution in [1.29, 1.82) is 0 Å².